The molecule has 0 bridgehead atoms. The van der Waals surface area contributed by atoms with E-state index in [2.05, 4.69) is 16.5 Å². The lowest BCUT2D eigenvalue weighted by atomic mass is 10.2. The lowest BCUT2D eigenvalue weighted by Crippen LogP contribution is -2.15. The predicted octanol–water partition coefficient (Wildman–Crippen LogP) is 4.58. The molecule has 0 radical (unpaired) electrons. The third-order valence-corrected chi connectivity index (χ3v) is 5.56. The molecule has 6 heteroatoms. The SMILES string of the molecule is CCOc1ccc2c(c1)sc(=NC(=O)c1cccc(SC)c1)n2CC. The van der Waals surface area contributed by atoms with Crippen molar-refractivity contribution < 1.29 is 9.53 Å². The second kappa shape index (κ2) is 7.89. The first-order valence-electron chi connectivity index (χ1n) is 8.15. The lowest BCUT2D eigenvalue weighted by molar-refractivity contribution is 0.0997. The molecule has 4 nitrogen and oxygen atoms in total. The van der Waals surface area contributed by atoms with Gasteiger partial charge in [-0.25, -0.2) is 0 Å². The van der Waals surface area contributed by atoms with Gasteiger partial charge in [-0.3, -0.25) is 4.79 Å². The van der Waals surface area contributed by atoms with Crippen LogP contribution in [0.2, 0.25) is 0 Å². The average Bonchev–Trinajstić information content (AvgIpc) is 2.98. The minimum atomic E-state index is -0.213. The summed E-state index contributed by atoms with van der Waals surface area (Å²) in [6.07, 6.45) is 1.99. The molecule has 1 heterocycles. The quantitative estimate of drug-likeness (QED) is 0.616. The van der Waals surface area contributed by atoms with Gasteiger partial charge >= 0.3 is 0 Å². The minimum absolute atomic E-state index is 0.213. The number of thioether (sulfide) groups is 1. The van der Waals surface area contributed by atoms with E-state index >= 15 is 0 Å². The van der Waals surface area contributed by atoms with Crippen molar-refractivity contribution in [1.29, 1.82) is 0 Å². The zero-order chi connectivity index (χ0) is 17.8. The number of hydrogen-bond donors (Lipinski definition) is 0. The van der Waals surface area contributed by atoms with Gasteiger partial charge in [0.25, 0.3) is 5.91 Å². The Bertz CT molecular complexity index is 973. The summed E-state index contributed by atoms with van der Waals surface area (Å²) >= 11 is 3.13. The molecule has 0 spiro atoms. The second-order valence-electron chi connectivity index (χ2n) is 5.34. The predicted molar refractivity (Wildman–Crippen MR) is 105 cm³/mol. The van der Waals surface area contributed by atoms with Gasteiger partial charge in [-0.15, -0.1) is 11.8 Å². The first kappa shape index (κ1) is 17.8. The van der Waals surface area contributed by atoms with Gasteiger partial charge in [0.2, 0.25) is 0 Å². The maximum absolute atomic E-state index is 12.6. The number of nitrogens with zero attached hydrogens (tertiary/aromatic N) is 2. The lowest BCUT2D eigenvalue weighted by Gasteiger charge is -2.03. The Balaban J connectivity index is 2.06. The van der Waals surface area contributed by atoms with Gasteiger partial charge in [-0.05, 0) is 56.5 Å². The fourth-order valence-corrected chi connectivity index (χ4v) is 4.19. The fraction of sp³-hybridized carbons (Fsp3) is 0.263. The van der Waals surface area contributed by atoms with Crippen molar-refractivity contribution in [3.8, 4) is 5.75 Å². The molecule has 0 aliphatic carbocycles. The number of carbonyl (C=O) groups excluding carboxylic acids is 1. The molecule has 0 saturated heterocycles. The van der Waals surface area contributed by atoms with E-state index in [0.717, 1.165) is 27.4 Å². The van der Waals surface area contributed by atoms with Gasteiger partial charge in [0, 0.05) is 17.0 Å². The molecule has 1 amide bonds. The van der Waals surface area contributed by atoms with Crippen molar-refractivity contribution in [2.24, 2.45) is 4.99 Å². The van der Waals surface area contributed by atoms with E-state index < -0.39 is 0 Å². The van der Waals surface area contributed by atoms with Crippen molar-refractivity contribution in [2.75, 3.05) is 12.9 Å². The summed E-state index contributed by atoms with van der Waals surface area (Å²) < 4.78 is 8.70. The van der Waals surface area contributed by atoms with E-state index in [1.807, 2.05) is 55.6 Å². The van der Waals surface area contributed by atoms with Gasteiger partial charge in [-0.2, -0.15) is 4.99 Å². The molecule has 3 rings (SSSR count). The van der Waals surface area contributed by atoms with Crippen LogP contribution in [0, 0.1) is 0 Å². The van der Waals surface area contributed by atoms with Gasteiger partial charge in [0.15, 0.2) is 4.80 Å². The number of benzene rings is 2. The van der Waals surface area contributed by atoms with Crippen molar-refractivity contribution in [2.45, 2.75) is 25.3 Å². The van der Waals surface area contributed by atoms with E-state index in [1.165, 1.54) is 11.3 Å². The highest BCUT2D eigenvalue weighted by atomic mass is 32.2. The van der Waals surface area contributed by atoms with E-state index in [4.69, 9.17) is 4.74 Å². The van der Waals surface area contributed by atoms with Crippen LogP contribution in [-0.2, 0) is 6.54 Å². The molecule has 0 aliphatic heterocycles. The molecule has 25 heavy (non-hydrogen) atoms. The Morgan fingerprint density at radius 3 is 2.80 bits per heavy atom. The zero-order valence-corrected chi connectivity index (χ0v) is 16.1. The topological polar surface area (TPSA) is 43.6 Å². The van der Waals surface area contributed by atoms with Crippen LogP contribution in [0.5, 0.6) is 5.75 Å². The van der Waals surface area contributed by atoms with Crippen molar-refractivity contribution in [3.05, 3.63) is 52.8 Å². The first-order chi connectivity index (χ1) is 12.2. The second-order valence-corrected chi connectivity index (χ2v) is 7.23. The number of carbonyl (C=O) groups is 1. The third kappa shape index (κ3) is 3.80. The molecule has 0 saturated carbocycles. The molecule has 0 N–H and O–H groups in total. The highest BCUT2D eigenvalue weighted by molar-refractivity contribution is 7.98. The molecule has 0 unspecified atom stereocenters. The molecule has 130 valence electrons. The summed E-state index contributed by atoms with van der Waals surface area (Å²) in [5, 5.41) is 0. The van der Waals surface area contributed by atoms with Gasteiger partial charge in [-0.1, -0.05) is 17.4 Å². The number of amides is 1. The van der Waals surface area contributed by atoms with E-state index in [-0.39, 0.29) is 5.91 Å². The van der Waals surface area contributed by atoms with E-state index in [1.54, 1.807) is 11.8 Å². The van der Waals surface area contributed by atoms with Gasteiger partial charge in [0.1, 0.15) is 5.75 Å². The summed E-state index contributed by atoms with van der Waals surface area (Å²) in [6, 6.07) is 13.6. The summed E-state index contributed by atoms with van der Waals surface area (Å²) in [5.41, 5.74) is 1.68. The van der Waals surface area contributed by atoms with Crippen LogP contribution < -0.4 is 9.54 Å². The Labute approximate surface area is 155 Å². The number of hydrogen-bond acceptors (Lipinski definition) is 4. The largest absolute Gasteiger partial charge is 0.494 e. The number of aryl methyl sites for hydroxylation is 1. The molecule has 3 aromatic rings. The Morgan fingerprint density at radius 2 is 2.08 bits per heavy atom. The Hall–Kier alpha value is -2.05. The highest BCUT2D eigenvalue weighted by Gasteiger charge is 2.10. The summed E-state index contributed by atoms with van der Waals surface area (Å²) in [4.78, 5) is 18.7. The van der Waals surface area contributed by atoms with Gasteiger partial charge < -0.3 is 9.30 Å². The molecule has 0 fully saturated rings. The number of thiazole rings is 1. The van der Waals surface area contributed by atoms with Crippen LogP contribution in [-0.4, -0.2) is 23.3 Å². The minimum Gasteiger partial charge on any atom is -0.494 e. The maximum Gasteiger partial charge on any atom is 0.279 e. The van der Waals surface area contributed by atoms with Crippen molar-refractivity contribution in [1.82, 2.24) is 4.57 Å². The molecular weight excluding hydrogens is 352 g/mol. The monoisotopic (exact) mass is 372 g/mol. The summed E-state index contributed by atoms with van der Waals surface area (Å²) in [7, 11) is 0. The average molecular weight is 373 g/mol. The van der Waals surface area contributed by atoms with Crippen LogP contribution in [0.15, 0.2) is 52.4 Å². The normalized spacial score (nSPS) is 11.9. The Kier molecular flexibility index (Phi) is 5.60. The molecule has 1 aromatic heterocycles. The summed E-state index contributed by atoms with van der Waals surface area (Å²) in [6.45, 7) is 5.41. The van der Waals surface area contributed by atoms with E-state index in [0.29, 0.717) is 17.0 Å². The number of fused-ring (bicyclic) bond motifs is 1. The van der Waals surface area contributed by atoms with Crippen molar-refractivity contribution in [3.63, 3.8) is 0 Å². The fourth-order valence-electron chi connectivity index (χ4n) is 2.61. The molecule has 0 aliphatic rings. The maximum atomic E-state index is 12.6. The molecule has 2 aromatic carbocycles. The van der Waals surface area contributed by atoms with Crippen LogP contribution in [0.25, 0.3) is 10.2 Å². The van der Waals surface area contributed by atoms with Crippen LogP contribution in [0.3, 0.4) is 0 Å². The smallest absolute Gasteiger partial charge is 0.279 e. The standard InChI is InChI=1S/C19H20N2O2S2/c1-4-21-16-10-9-14(23-5-2)12-17(16)25-19(21)20-18(22)13-7-6-8-15(11-13)24-3/h6-12H,4-5H2,1-3H3. The first-order valence-corrected chi connectivity index (χ1v) is 10.2. The van der Waals surface area contributed by atoms with Crippen LogP contribution in [0.4, 0.5) is 0 Å². The third-order valence-electron chi connectivity index (χ3n) is 3.80. The zero-order valence-electron chi connectivity index (χ0n) is 14.5. The van der Waals surface area contributed by atoms with Crippen LogP contribution >= 0.6 is 23.1 Å². The highest BCUT2D eigenvalue weighted by Crippen LogP contribution is 2.23. The summed E-state index contributed by atoms with van der Waals surface area (Å²) in [5.74, 6) is 0.625. The van der Waals surface area contributed by atoms with Gasteiger partial charge in [0.05, 0.1) is 16.8 Å². The number of aromatic nitrogens is 1. The van der Waals surface area contributed by atoms with Crippen LogP contribution in [0.1, 0.15) is 24.2 Å². The van der Waals surface area contributed by atoms with E-state index in [9.17, 15) is 4.79 Å². The molecular formula is C19H20N2O2S2. The van der Waals surface area contributed by atoms with Crippen molar-refractivity contribution >= 4 is 39.2 Å². The number of rotatable bonds is 5. The number of ether oxygens (including phenoxy) is 1. The molecule has 0 atom stereocenters. The Morgan fingerprint density at radius 1 is 1.24 bits per heavy atom.